The minimum atomic E-state index is -1.66. The lowest BCUT2D eigenvalue weighted by Gasteiger charge is -2.32. The maximum Gasteiger partial charge on any atom is 0.257 e. The maximum absolute atomic E-state index is 15.1. The Balaban J connectivity index is 2.45. The van der Waals surface area contributed by atoms with E-state index in [2.05, 4.69) is 9.83 Å². The highest BCUT2D eigenvalue weighted by molar-refractivity contribution is 5.58. The molecule has 1 atom stereocenters. The van der Waals surface area contributed by atoms with Gasteiger partial charge in [-0.05, 0) is 36.8 Å². The minimum absolute atomic E-state index is 0.172. The van der Waals surface area contributed by atoms with Gasteiger partial charge in [-0.2, -0.15) is 5.26 Å². The molecule has 28 heavy (non-hydrogen) atoms. The van der Waals surface area contributed by atoms with Gasteiger partial charge in [0.05, 0.1) is 17.7 Å². The van der Waals surface area contributed by atoms with Gasteiger partial charge in [-0.1, -0.05) is 18.2 Å². The van der Waals surface area contributed by atoms with Crippen LogP contribution in [0.1, 0.15) is 29.3 Å². The van der Waals surface area contributed by atoms with E-state index in [-0.39, 0.29) is 16.8 Å². The number of rotatable bonds is 3. The van der Waals surface area contributed by atoms with Gasteiger partial charge < -0.3 is 0 Å². The molecular formula is C21H11F4N3. The number of pyridine rings is 1. The SMILES string of the molecule is [C-]#[N+]c1c(F)ccc(C(C)(c2ccccn2)c2ccc(F)c(C#N)c2F)c1F. The van der Waals surface area contributed by atoms with Gasteiger partial charge in [-0.25, -0.2) is 22.4 Å². The number of hydrogen-bond donors (Lipinski definition) is 0. The number of halogens is 4. The van der Waals surface area contributed by atoms with Crippen LogP contribution in [-0.2, 0) is 5.41 Å². The Bertz CT molecular complexity index is 1080. The van der Waals surface area contributed by atoms with Crippen LogP contribution in [0.2, 0.25) is 0 Å². The van der Waals surface area contributed by atoms with Crippen molar-refractivity contribution in [3.8, 4) is 6.07 Å². The molecule has 0 saturated carbocycles. The first kappa shape index (κ1) is 19.1. The molecule has 0 spiro atoms. The molecule has 0 aliphatic heterocycles. The molecular weight excluding hydrogens is 370 g/mol. The first-order chi connectivity index (χ1) is 13.4. The third kappa shape index (κ3) is 2.78. The second-order valence-electron chi connectivity index (χ2n) is 6.11. The molecule has 138 valence electrons. The quantitative estimate of drug-likeness (QED) is 0.449. The zero-order valence-electron chi connectivity index (χ0n) is 14.5. The standard InChI is InChI=1S/C21H11F4N3/c1-21(17-5-3-4-10-28-17,13-6-8-15(22)12(11-26)18(13)24)14-7-9-16(23)20(27-2)19(14)25/h3-10H,1H3. The predicted molar refractivity (Wildman–Crippen MR) is 93.5 cm³/mol. The molecule has 0 N–H and O–H groups in total. The van der Waals surface area contributed by atoms with Gasteiger partial charge in [0.15, 0.2) is 0 Å². The fraction of sp³-hybridized carbons (Fsp3) is 0.0952. The van der Waals surface area contributed by atoms with Crippen molar-refractivity contribution < 1.29 is 17.6 Å². The summed E-state index contributed by atoms with van der Waals surface area (Å²) in [5, 5.41) is 9.09. The van der Waals surface area contributed by atoms with Crippen molar-refractivity contribution in [3.63, 3.8) is 0 Å². The van der Waals surface area contributed by atoms with E-state index in [4.69, 9.17) is 11.8 Å². The van der Waals surface area contributed by atoms with Crippen LogP contribution in [0, 0.1) is 41.2 Å². The summed E-state index contributed by atoms with van der Waals surface area (Å²) in [5.41, 5.74) is -3.62. The second-order valence-corrected chi connectivity index (χ2v) is 6.11. The van der Waals surface area contributed by atoms with Crippen LogP contribution in [-0.4, -0.2) is 4.98 Å². The molecule has 0 radical (unpaired) electrons. The van der Waals surface area contributed by atoms with Crippen LogP contribution >= 0.6 is 0 Å². The van der Waals surface area contributed by atoms with Crippen molar-refractivity contribution in [2.75, 3.05) is 0 Å². The number of nitriles is 1. The van der Waals surface area contributed by atoms with E-state index < -0.39 is 39.9 Å². The van der Waals surface area contributed by atoms with Crippen molar-refractivity contribution in [2.24, 2.45) is 0 Å². The summed E-state index contributed by atoms with van der Waals surface area (Å²) < 4.78 is 57.8. The van der Waals surface area contributed by atoms with Crippen LogP contribution < -0.4 is 0 Å². The molecule has 0 aliphatic rings. The van der Waals surface area contributed by atoms with Gasteiger partial charge >= 0.3 is 0 Å². The molecule has 0 amide bonds. The molecule has 0 bridgehead atoms. The van der Waals surface area contributed by atoms with Gasteiger partial charge in [-0.15, -0.1) is 0 Å². The number of nitrogens with zero attached hydrogens (tertiary/aromatic N) is 3. The van der Waals surface area contributed by atoms with Crippen LogP contribution in [0.4, 0.5) is 23.2 Å². The average molecular weight is 381 g/mol. The van der Waals surface area contributed by atoms with Crippen LogP contribution in [0.3, 0.4) is 0 Å². The Labute approximate surface area is 158 Å². The van der Waals surface area contributed by atoms with Gasteiger partial charge in [0, 0.05) is 11.8 Å². The monoisotopic (exact) mass is 381 g/mol. The highest BCUT2D eigenvalue weighted by Gasteiger charge is 2.39. The van der Waals surface area contributed by atoms with Gasteiger partial charge in [-0.3, -0.25) is 4.98 Å². The van der Waals surface area contributed by atoms with Crippen LogP contribution in [0.15, 0.2) is 48.7 Å². The van der Waals surface area contributed by atoms with Crippen molar-refractivity contribution in [3.05, 3.63) is 106 Å². The molecule has 1 heterocycles. The Kier molecular flexibility index (Phi) is 4.85. The molecule has 7 heteroatoms. The van der Waals surface area contributed by atoms with Crippen LogP contribution in [0.25, 0.3) is 4.85 Å². The van der Waals surface area contributed by atoms with E-state index >= 15 is 8.78 Å². The molecule has 0 saturated heterocycles. The highest BCUT2D eigenvalue weighted by Crippen LogP contribution is 2.43. The molecule has 0 aliphatic carbocycles. The van der Waals surface area contributed by atoms with Crippen LogP contribution in [0.5, 0.6) is 0 Å². The first-order valence-corrected chi connectivity index (χ1v) is 8.02. The number of aromatic nitrogens is 1. The van der Waals surface area contributed by atoms with E-state index in [1.54, 1.807) is 12.1 Å². The fourth-order valence-corrected chi connectivity index (χ4v) is 3.15. The van der Waals surface area contributed by atoms with Crippen molar-refractivity contribution in [2.45, 2.75) is 12.3 Å². The number of benzene rings is 2. The zero-order chi connectivity index (χ0) is 20.5. The lowest BCUT2D eigenvalue weighted by atomic mass is 9.72. The third-order valence-electron chi connectivity index (χ3n) is 4.64. The van der Waals surface area contributed by atoms with Gasteiger partial charge in [0.1, 0.15) is 34.9 Å². The van der Waals surface area contributed by atoms with Crippen molar-refractivity contribution >= 4 is 5.69 Å². The minimum Gasteiger partial charge on any atom is -0.260 e. The Morgan fingerprint density at radius 3 is 2.18 bits per heavy atom. The highest BCUT2D eigenvalue weighted by atomic mass is 19.1. The molecule has 0 fully saturated rings. The van der Waals surface area contributed by atoms with Gasteiger partial charge in [0.25, 0.3) is 5.69 Å². The summed E-state index contributed by atoms with van der Waals surface area (Å²) in [4.78, 5) is 7.04. The molecule has 3 aromatic rings. The summed E-state index contributed by atoms with van der Waals surface area (Å²) in [6.45, 7) is 8.45. The smallest absolute Gasteiger partial charge is 0.257 e. The summed E-state index contributed by atoms with van der Waals surface area (Å²) in [6, 6.07) is 10.1. The largest absolute Gasteiger partial charge is 0.260 e. The molecule has 3 rings (SSSR count). The summed E-state index contributed by atoms with van der Waals surface area (Å²) in [7, 11) is 0. The van der Waals surface area contributed by atoms with Crippen molar-refractivity contribution in [1.82, 2.24) is 4.98 Å². The first-order valence-electron chi connectivity index (χ1n) is 8.02. The van der Waals surface area contributed by atoms with E-state index in [0.29, 0.717) is 0 Å². The van der Waals surface area contributed by atoms with E-state index in [9.17, 15) is 8.78 Å². The lowest BCUT2D eigenvalue weighted by molar-refractivity contribution is 0.512. The van der Waals surface area contributed by atoms with E-state index in [1.807, 2.05) is 0 Å². The molecule has 1 aromatic heterocycles. The normalized spacial score (nSPS) is 12.7. The topological polar surface area (TPSA) is 41.0 Å². The Hall–Kier alpha value is -3.71. The Morgan fingerprint density at radius 1 is 0.964 bits per heavy atom. The Morgan fingerprint density at radius 2 is 1.61 bits per heavy atom. The van der Waals surface area contributed by atoms with E-state index in [1.165, 1.54) is 25.3 Å². The second kappa shape index (κ2) is 7.13. The molecule has 2 aromatic carbocycles. The summed E-state index contributed by atoms with van der Waals surface area (Å²) in [6.07, 6.45) is 1.40. The molecule has 1 unspecified atom stereocenters. The summed E-state index contributed by atoms with van der Waals surface area (Å²) >= 11 is 0. The third-order valence-corrected chi connectivity index (χ3v) is 4.64. The molecule has 3 nitrogen and oxygen atoms in total. The maximum atomic E-state index is 15.1. The number of hydrogen-bond acceptors (Lipinski definition) is 2. The van der Waals surface area contributed by atoms with Gasteiger partial charge in [0.2, 0.25) is 0 Å². The average Bonchev–Trinajstić information content (AvgIpc) is 2.69. The summed E-state index contributed by atoms with van der Waals surface area (Å²) in [5.74, 6) is -4.47. The lowest BCUT2D eigenvalue weighted by Crippen LogP contribution is -2.30. The predicted octanol–water partition coefficient (Wildman–Crippen LogP) is 5.41. The van der Waals surface area contributed by atoms with E-state index in [0.717, 1.165) is 24.3 Å². The zero-order valence-corrected chi connectivity index (χ0v) is 14.5. The fourth-order valence-electron chi connectivity index (χ4n) is 3.15. The van der Waals surface area contributed by atoms with Crippen molar-refractivity contribution in [1.29, 1.82) is 5.26 Å².